The highest BCUT2D eigenvalue weighted by Gasteiger charge is 2.22. The van der Waals surface area contributed by atoms with E-state index in [1.807, 2.05) is 42.5 Å². The van der Waals surface area contributed by atoms with Gasteiger partial charge in [0.15, 0.2) is 5.82 Å². The van der Waals surface area contributed by atoms with Crippen LogP contribution in [-0.2, 0) is 0 Å². The van der Waals surface area contributed by atoms with Crippen LogP contribution in [0.1, 0.15) is 0 Å². The van der Waals surface area contributed by atoms with Crippen molar-refractivity contribution in [2.45, 2.75) is 0 Å². The number of aromatic nitrogens is 4. The zero-order chi connectivity index (χ0) is 32.6. The van der Waals surface area contributed by atoms with Gasteiger partial charge in [0.25, 0.3) is 0 Å². The molecule has 9 aromatic rings. The number of fused-ring (bicyclic) bond motifs is 3. The van der Waals surface area contributed by atoms with Crippen LogP contribution >= 0.6 is 0 Å². The van der Waals surface area contributed by atoms with Gasteiger partial charge in [0.1, 0.15) is 5.69 Å². The molecule has 4 heteroatoms. The van der Waals surface area contributed by atoms with Gasteiger partial charge in [0, 0.05) is 38.8 Å². The van der Waals surface area contributed by atoms with E-state index >= 15 is 0 Å². The van der Waals surface area contributed by atoms with E-state index in [-0.39, 0.29) is 0 Å². The number of benzene rings is 6. The summed E-state index contributed by atoms with van der Waals surface area (Å²) >= 11 is 0. The Morgan fingerprint density at radius 2 is 0.878 bits per heavy atom. The number of hydrogen-bond acceptors (Lipinski definition) is 3. The van der Waals surface area contributed by atoms with Crippen molar-refractivity contribution in [3.63, 3.8) is 0 Å². The number of rotatable bonds is 6. The minimum absolute atomic E-state index is 0.687. The lowest BCUT2D eigenvalue weighted by Gasteiger charge is -2.11. The number of pyridine rings is 1. The van der Waals surface area contributed by atoms with Crippen molar-refractivity contribution in [3.05, 3.63) is 182 Å². The Morgan fingerprint density at radius 3 is 1.47 bits per heavy atom. The summed E-state index contributed by atoms with van der Waals surface area (Å²) in [6.45, 7) is 0. The maximum atomic E-state index is 5.35. The van der Waals surface area contributed by atoms with Crippen LogP contribution in [-0.4, -0.2) is 19.6 Å². The van der Waals surface area contributed by atoms with Crippen LogP contribution in [0.15, 0.2) is 182 Å². The zero-order valence-corrected chi connectivity index (χ0v) is 26.6. The molecule has 0 saturated heterocycles. The van der Waals surface area contributed by atoms with E-state index < -0.39 is 0 Å². The monoisotopic (exact) mass is 626 g/mol. The smallest absolute Gasteiger partial charge is 0.160 e. The average Bonchev–Trinajstić information content (AvgIpc) is 3.60. The molecule has 0 aliphatic carbocycles. The maximum absolute atomic E-state index is 5.35. The summed E-state index contributed by atoms with van der Waals surface area (Å²) in [5.41, 5.74) is 12.3. The first-order valence-corrected chi connectivity index (χ1v) is 16.5. The van der Waals surface area contributed by atoms with Gasteiger partial charge in [-0.25, -0.2) is 14.5 Å². The largest absolute Gasteiger partial charge is 0.231 e. The second-order valence-electron chi connectivity index (χ2n) is 12.1. The summed E-state index contributed by atoms with van der Waals surface area (Å²) in [6.07, 6.45) is 0. The van der Waals surface area contributed by atoms with Gasteiger partial charge in [-0.2, -0.15) is 5.10 Å². The van der Waals surface area contributed by atoms with E-state index in [2.05, 4.69) is 144 Å². The van der Waals surface area contributed by atoms with Crippen molar-refractivity contribution in [1.29, 1.82) is 0 Å². The minimum Gasteiger partial charge on any atom is -0.231 e. The molecule has 3 aromatic heterocycles. The van der Waals surface area contributed by atoms with Crippen molar-refractivity contribution in [2.75, 3.05) is 0 Å². The molecule has 6 aromatic carbocycles. The molecule has 0 amide bonds. The van der Waals surface area contributed by atoms with E-state index in [0.29, 0.717) is 5.82 Å². The van der Waals surface area contributed by atoms with Gasteiger partial charge in [0.2, 0.25) is 0 Å². The van der Waals surface area contributed by atoms with E-state index in [1.54, 1.807) is 0 Å². The van der Waals surface area contributed by atoms with E-state index in [0.717, 1.165) is 72.6 Å². The quantitative estimate of drug-likeness (QED) is 0.184. The van der Waals surface area contributed by atoms with Crippen molar-refractivity contribution < 1.29 is 0 Å². The molecule has 0 saturated carbocycles. The highest BCUT2D eigenvalue weighted by molar-refractivity contribution is 6.08. The molecule has 4 nitrogen and oxygen atoms in total. The highest BCUT2D eigenvalue weighted by Crippen LogP contribution is 2.41. The van der Waals surface area contributed by atoms with Gasteiger partial charge in [-0.3, -0.25) is 0 Å². The summed E-state index contributed by atoms with van der Waals surface area (Å²) in [5.74, 6) is 0.687. The predicted octanol–water partition coefficient (Wildman–Crippen LogP) is 11.3. The van der Waals surface area contributed by atoms with Crippen LogP contribution in [0.5, 0.6) is 0 Å². The zero-order valence-electron chi connectivity index (χ0n) is 26.6. The third-order valence-electron chi connectivity index (χ3n) is 9.04. The molecule has 0 aliphatic heterocycles. The fourth-order valence-electron chi connectivity index (χ4n) is 6.65. The molecular weight excluding hydrogens is 597 g/mol. The Hall–Kier alpha value is -6.65. The summed E-state index contributed by atoms with van der Waals surface area (Å²) in [6, 6.07) is 63.1. The summed E-state index contributed by atoms with van der Waals surface area (Å²) < 4.78 is 2.13. The fraction of sp³-hybridized carbons (Fsp3) is 0. The normalized spacial score (nSPS) is 11.3. The molecule has 9 rings (SSSR count). The lowest BCUT2D eigenvalue weighted by molar-refractivity contribution is 0.979. The number of nitrogens with zero attached hydrogens (tertiary/aromatic N) is 4. The Morgan fingerprint density at radius 1 is 0.388 bits per heavy atom. The third-order valence-corrected chi connectivity index (χ3v) is 9.04. The van der Waals surface area contributed by atoms with E-state index in [4.69, 9.17) is 15.1 Å². The van der Waals surface area contributed by atoms with Crippen LogP contribution < -0.4 is 0 Å². The Kier molecular flexibility index (Phi) is 7.10. The maximum Gasteiger partial charge on any atom is 0.160 e. The molecule has 230 valence electrons. The van der Waals surface area contributed by atoms with Crippen molar-refractivity contribution in [3.8, 4) is 67.5 Å². The average molecular weight is 627 g/mol. The summed E-state index contributed by atoms with van der Waals surface area (Å²) in [4.78, 5) is 10.1. The van der Waals surface area contributed by atoms with Gasteiger partial charge in [-0.05, 0) is 23.1 Å². The fourth-order valence-corrected chi connectivity index (χ4v) is 6.65. The topological polar surface area (TPSA) is 43.1 Å². The first-order chi connectivity index (χ1) is 24.3. The summed E-state index contributed by atoms with van der Waals surface area (Å²) in [5, 5.41) is 7.68. The van der Waals surface area contributed by atoms with Gasteiger partial charge in [-0.1, -0.05) is 170 Å². The van der Waals surface area contributed by atoms with Crippen LogP contribution in [0.25, 0.3) is 83.8 Å². The molecule has 0 spiro atoms. The van der Waals surface area contributed by atoms with Crippen LogP contribution in [0, 0.1) is 0 Å². The SMILES string of the molecule is c1ccc(-c2cc(-c3ccccc3)nc(-c3ccc(-c4c(-c5ccccc5)nn5c(-c6ccccc6)cc6ccccc6c45)cc3)n2)cc1. The first kappa shape index (κ1) is 28.6. The van der Waals surface area contributed by atoms with Crippen molar-refractivity contribution >= 4 is 16.3 Å². The Balaban J connectivity index is 1.25. The molecule has 3 heterocycles. The van der Waals surface area contributed by atoms with E-state index in [1.165, 1.54) is 5.39 Å². The van der Waals surface area contributed by atoms with Gasteiger partial charge >= 0.3 is 0 Å². The van der Waals surface area contributed by atoms with Crippen molar-refractivity contribution in [1.82, 2.24) is 19.6 Å². The molecular formula is C45H30N4. The third kappa shape index (κ3) is 5.26. The second-order valence-corrected chi connectivity index (χ2v) is 12.1. The lowest BCUT2D eigenvalue weighted by Crippen LogP contribution is -1.96. The standard InChI is InChI=1S/C45H30N4/c1-5-15-31(16-6-1)39-30-40(32-17-7-2-8-18-32)47-45(46-39)36-27-25-34(26-28-36)42-43(35-21-11-4-12-22-35)48-49-41(33-19-9-3-10-20-33)29-37-23-13-14-24-38(37)44(42)49/h1-30H. The number of hydrogen-bond donors (Lipinski definition) is 0. The molecule has 49 heavy (non-hydrogen) atoms. The molecule has 0 unspecified atom stereocenters. The molecule has 0 atom stereocenters. The van der Waals surface area contributed by atoms with Crippen molar-refractivity contribution in [2.24, 2.45) is 0 Å². The molecule has 0 radical (unpaired) electrons. The molecule has 0 bridgehead atoms. The Labute approximate surface area is 284 Å². The van der Waals surface area contributed by atoms with Crippen LogP contribution in [0.2, 0.25) is 0 Å². The Bertz CT molecular complexity index is 2500. The predicted molar refractivity (Wildman–Crippen MR) is 201 cm³/mol. The van der Waals surface area contributed by atoms with Gasteiger partial charge in [-0.15, -0.1) is 0 Å². The molecule has 0 fully saturated rings. The summed E-state index contributed by atoms with van der Waals surface area (Å²) in [7, 11) is 0. The molecule has 0 N–H and O–H groups in total. The second kappa shape index (κ2) is 12.2. The minimum atomic E-state index is 0.687. The van der Waals surface area contributed by atoms with Gasteiger partial charge in [0.05, 0.1) is 22.6 Å². The highest BCUT2D eigenvalue weighted by atomic mass is 15.2. The van der Waals surface area contributed by atoms with E-state index in [9.17, 15) is 0 Å². The lowest BCUT2D eigenvalue weighted by atomic mass is 9.96. The van der Waals surface area contributed by atoms with Crippen LogP contribution in [0.4, 0.5) is 0 Å². The first-order valence-electron chi connectivity index (χ1n) is 16.5. The van der Waals surface area contributed by atoms with Gasteiger partial charge < -0.3 is 0 Å². The van der Waals surface area contributed by atoms with Crippen LogP contribution in [0.3, 0.4) is 0 Å². The molecule has 0 aliphatic rings.